The molecule has 8 heteroatoms. The average molecular weight is 423 g/mol. The number of hydrogen-bond donors (Lipinski definition) is 3. The summed E-state index contributed by atoms with van der Waals surface area (Å²) < 4.78 is 18.0. The monoisotopic (exact) mass is 423 g/mol. The molecule has 2 aromatic carbocycles. The lowest BCUT2D eigenvalue weighted by molar-refractivity contribution is -0.125. The maximum absolute atomic E-state index is 12.9. The first-order valence-corrected chi connectivity index (χ1v) is 10.1. The van der Waals surface area contributed by atoms with E-state index in [1.165, 1.54) is 23.4 Å². The van der Waals surface area contributed by atoms with Crippen molar-refractivity contribution < 1.29 is 23.5 Å². The highest BCUT2D eigenvalue weighted by molar-refractivity contribution is 5.98. The van der Waals surface area contributed by atoms with E-state index in [4.69, 9.17) is 4.74 Å². The number of nitrogens with one attached hydrogen (secondary N) is 3. The van der Waals surface area contributed by atoms with Crippen LogP contribution in [0.2, 0.25) is 0 Å². The Kier molecular flexibility index (Phi) is 5.70. The second-order valence-corrected chi connectivity index (χ2v) is 7.78. The number of H-pyrrole nitrogens is 1. The smallest absolute Gasteiger partial charge is 0.338 e. The second kappa shape index (κ2) is 8.59. The molecule has 7 nitrogen and oxygen atoms in total. The number of hydrogen-bond acceptors (Lipinski definition) is 4. The minimum Gasteiger partial charge on any atom is -0.452 e. The highest BCUT2D eigenvalue weighted by Gasteiger charge is 2.21. The number of esters is 1. The van der Waals surface area contributed by atoms with Gasteiger partial charge >= 0.3 is 5.97 Å². The average Bonchev–Trinajstić information content (AvgIpc) is 3.13. The van der Waals surface area contributed by atoms with Gasteiger partial charge in [0.15, 0.2) is 6.61 Å². The van der Waals surface area contributed by atoms with Crippen LogP contribution in [0, 0.1) is 11.7 Å². The largest absolute Gasteiger partial charge is 0.452 e. The highest BCUT2D eigenvalue weighted by Crippen LogP contribution is 2.32. The van der Waals surface area contributed by atoms with Crippen LogP contribution in [-0.4, -0.2) is 29.4 Å². The fraction of sp³-hybridized carbons (Fsp3) is 0.261. The third-order valence-electron chi connectivity index (χ3n) is 5.43. The lowest BCUT2D eigenvalue weighted by Crippen LogP contribution is -2.43. The van der Waals surface area contributed by atoms with Gasteiger partial charge in [0.25, 0.3) is 11.8 Å². The minimum atomic E-state index is -0.697. The van der Waals surface area contributed by atoms with E-state index in [0.29, 0.717) is 11.5 Å². The number of rotatable bonds is 4. The molecule has 3 N–H and O–H groups in total. The predicted octanol–water partition coefficient (Wildman–Crippen LogP) is 3.05. The van der Waals surface area contributed by atoms with Crippen molar-refractivity contribution in [3.05, 3.63) is 70.7 Å². The lowest BCUT2D eigenvalue weighted by atomic mass is 9.87. The van der Waals surface area contributed by atoms with E-state index < -0.39 is 30.2 Å². The molecule has 0 spiro atoms. The summed E-state index contributed by atoms with van der Waals surface area (Å²) in [5.41, 5.74) is 8.32. The Hall–Kier alpha value is -3.68. The Morgan fingerprint density at radius 1 is 1.10 bits per heavy atom. The normalized spacial score (nSPS) is 15.2. The molecule has 1 aliphatic rings. The van der Waals surface area contributed by atoms with Crippen LogP contribution in [0.25, 0.3) is 10.9 Å². The Bertz CT molecular complexity index is 1150. The zero-order chi connectivity index (χ0) is 22.0. The fourth-order valence-corrected chi connectivity index (χ4v) is 3.77. The van der Waals surface area contributed by atoms with Crippen molar-refractivity contribution in [2.24, 2.45) is 5.92 Å². The molecule has 0 radical (unpaired) electrons. The quantitative estimate of drug-likeness (QED) is 0.444. The van der Waals surface area contributed by atoms with Crippen LogP contribution in [-0.2, 0) is 22.4 Å². The van der Waals surface area contributed by atoms with Gasteiger partial charge in [-0.25, -0.2) is 9.18 Å². The van der Waals surface area contributed by atoms with Gasteiger partial charge in [-0.05, 0) is 73.2 Å². The third-order valence-corrected chi connectivity index (χ3v) is 5.43. The summed E-state index contributed by atoms with van der Waals surface area (Å²) in [5.74, 6) is -1.81. The van der Waals surface area contributed by atoms with Crippen molar-refractivity contribution in [1.82, 2.24) is 15.8 Å². The number of aromatic amines is 1. The Morgan fingerprint density at radius 3 is 2.61 bits per heavy atom. The van der Waals surface area contributed by atoms with Gasteiger partial charge in [0, 0.05) is 22.2 Å². The summed E-state index contributed by atoms with van der Waals surface area (Å²) in [6.07, 6.45) is 3.10. The van der Waals surface area contributed by atoms with Crippen LogP contribution >= 0.6 is 0 Å². The third kappa shape index (κ3) is 4.58. The number of hydrazine groups is 1. The number of amides is 2. The molecule has 0 bridgehead atoms. The Labute approximate surface area is 177 Å². The number of halogens is 1. The van der Waals surface area contributed by atoms with Gasteiger partial charge in [0.1, 0.15) is 5.82 Å². The van der Waals surface area contributed by atoms with Crippen LogP contribution in [0.1, 0.15) is 45.3 Å². The van der Waals surface area contributed by atoms with Crippen molar-refractivity contribution >= 4 is 28.7 Å². The van der Waals surface area contributed by atoms with Crippen LogP contribution in [0.15, 0.2) is 42.5 Å². The molecule has 0 saturated heterocycles. The number of carbonyl (C=O) groups excluding carboxylic acids is 3. The molecule has 0 saturated carbocycles. The van der Waals surface area contributed by atoms with Gasteiger partial charge in [0.05, 0.1) is 5.56 Å². The molecule has 0 fully saturated rings. The van der Waals surface area contributed by atoms with Gasteiger partial charge in [0.2, 0.25) is 0 Å². The molecule has 31 heavy (non-hydrogen) atoms. The minimum absolute atomic E-state index is 0.177. The highest BCUT2D eigenvalue weighted by atomic mass is 19.1. The number of aryl methyl sites for hydroxylation is 1. The van der Waals surface area contributed by atoms with Crippen molar-refractivity contribution in [3.63, 3.8) is 0 Å². The van der Waals surface area contributed by atoms with Crippen molar-refractivity contribution in [2.75, 3.05) is 6.61 Å². The van der Waals surface area contributed by atoms with Gasteiger partial charge in [-0.1, -0.05) is 6.92 Å². The standard InChI is InChI=1S/C23H22FN3O4/c1-13-2-8-19-17(10-13)18-11-15(5-9-20(18)25-19)23(30)31-12-21(28)26-27-22(29)14-3-6-16(24)7-4-14/h3-7,9,11,13,25H,2,8,10,12H2,1H3,(H,26,28)(H,27,29). The van der Waals surface area contributed by atoms with E-state index in [9.17, 15) is 18.8 Å². The van der Waals surface area contributed by atoms with E-state index >= 15 is 0 Å². The van der Waals surface area contributed by atoms with E-state index in [-0.39, 0.29) is 5.56 Å². The molecule has 0 aliphatic heterocycles. The number of benzene rings is 2. The van der Waals surface area contributed by atoms with Crippen molar-refractivity contribution in [3.8, 4) is 0 Å². The number of carbonyl (C=O) groups is 3. The maximum atomic E-state index is 12.9. The first-order valence-electron chi connectivity index (χ1n) is 10.1. The fourth-order valence-electron chi connectivity index (χ4n) is 3.77. The molecule has 3 aromatic rings. The van der Waals surface area contributed by atoms with Crippen LogP contribution in [0.5, 0.6) is 0 Å². The Balaban J connectivity index is 1.33. The molecule has 1 heterocycles. The first-order chi connectivity index (χ1) is 14.9. The van der Waals surface area contributed by atoms with Crippen molar-refractivity contribution in [2.45, 2.75) is 26.2 Å². The Morgan fingerprint density at radius 2 is 1.84 bits per heavy atom. The van der Waals surface area contributed by atoms with Crippen LogP contribution in [0.3, 0.4) is 0 Å². The molecule has 2 amide bonds. The molecule has 1 atom stereocenters. The van der Waals surface area contributed by atoms with Gasteiger partial charge in [-0.2, -0.15) is 0 Å². The van der Waals surface area contributed by atoms with Gasteiger partial charge in [-0.15, -0.1) is 0 Å². The molecule has 160 valence electrons. The number of aromatic nitrogens is 1. The van der Waals surface area contributed by atoms with Crippen LogP contribution < -0.4 is 10.9 Å². The molecule has 4 rings (SSSR count). The van der Waals surface area contributed by atoms with E-state index in [0.717, 1.165) is 42.3 Å². The van der Waals surface area contributed by atoms with E-state index in [1.807, 2.05) is 6.07 Å². The predicted molar refractivity (Wildman–Crippen MR) is 112 cm³/mol. The molecular weight excluding hydrogens is 401 g/mol. The zero-order valence-electron chi connectivity index (χ0n) is 17.0. The topological polar surface area (TPSA) is 100 Å². The van der Waals surface area contributed by atoms with Gasteiger partial charge < -0.3 is 9.72 Å². The van der Waals surface area contributed by atoms with E-state index in [2.05, 4.69) is 22.8 Å². The second-order valence-electron chi connectivity index (χ2n) is 7.78. The summed E-state index contributed by atoms with van der Waals surface area (Å²) in [4.78, 5) is 39.6. The summed E-state index contributed by atoms with van der Waals surface area (Å²) in [7, 11) is 0. The molecule has 1 aromatic heterocycles. The van der Waals surface area contributed by atoms with Gasteiger partial charge in [-0.3, -0.25) is 20.4 Å². The lowest BCUT2D eigenvalue weighted by Gasteiger charge is -2.18. The summed E-state index contributed by atoms with van der Waals surface area (Å²) >= 11 is 0. The number of fused-ring (bicyclic) bond motifs is 3. The maximum Gasteiger partial charge on any atom is 0.338 e. The zero-order valence-corrected chi connectivity index (χ0v) is 17.0. The first kappa shape index (κ1) is 20.6. The number of ether oxygens (including phenoxy) is 1. The molecule has 1 unspecified atom stereocenters. The van der Waals surface area contributed by atoms with Crippen LogP contribution in [0.4, 0.5) is 4.39 Å². The summed E-state index contributed by atoms with van der Waals surface area (Å²) in [5, 5.41) is 1.01. The SMILES string of the molecule is CC1CCc2[nH]c3ccc(C(=O)OCC(=O)NNC(=O)c4ccc(F)cc4)cc3c2C1. The summed E-state index contributed by atoms with van der Waals surface area (Å²) in [6.45, 7) is 1.66. The molecule has 1 aliphatic carbocycles. The summed E-state index contributed by atoms with van der Waals surface area (Å²) in [6, 6.07) is 10.1. The molecular formula is C23H22FN3O4. The van der Waals surface area contributed by atoms with Crippen molar-refractivity contribution in [1.29, 1.82) is 0 Å². The van der Waals surface area contributed by atoms with E-state index in [1.54, 1.807) is 12.1 Å².